The van der Waals surface area contributed by atoms with E-state index in [9.17, 15) is 0 Å². The van der Waals surface area contributed by atoms with E-state index in [4.69, 9.17) is 0 Å². The molecule has 55 heavy (non-hydrogen) atoms. The number of anilines is 3. The second-order valence-corrected chi connectivity index (χ2v) is 15.8. The van der Waals surface area contributed by atoms with Gasteiger partial charge in [-0.25, -0.2) is 0 Å². The lowest BCUT2D eigenvalue weighted by Gasteiger charge is -2.34. The third kappa shape index (κ3) is 4.85. The van der Waals surface area contributed by atoms with E-state index in [2.05, 4.69) is 205 Å². The largest absolute Gasteiger partial charge is 0.309 e. The number of hydrogen-bond donors (Lipinski definition) is 0. The Morgan fingerprint density at radius 1 is 0.509 bits per heavy atom. The fraction of sp³-hybridized carbons (Fsp3) is 0.0566. The first-order chi connectivity index (χ1) is 27.3. The summed E-state index contributed by atoms with van der Waals surface area (Å²) >= 11 is 1.87. The molecule has 0 saturated heterocycles. The van der Waals surface area contributed by atoms with Crippen LogP contribution in [0.3, 0.4) is 0 Å². The van der Waals surface area contributed by atoms with Crippen LogP contribution in [0.15, 0.2) is 194 Å². The van der Waals surface area contributed by atoms with Crippen LogP contribution in [-0.2, 0) is 11.8 Å². The van der Waals surface area contributed by atoms with E-state index in [0.29, 0.717) is 0 Å². The van der Waals surface area contributed by atoms with E-state index in [1.54, 1.807) is 0 Å². The quantitative estimate of drug-likeness (QED) is 0.165. The molecule has 0 atom stereocenters. The molecule has 0 N–H and O–H groups in total. The molecule has 0 radical (unpaired) electrons. The maximum absolute atomic E-state index is 2.55. The summed E-state index contributed by atoms with van der Waals surface area (Å²) < 4.78 is 2.59. The summed E-state index contributed by atoms with van der Waals surface area (Å²) in [5.41, 5.74) is 16.0. The van der Waals surface area contributed by atoms with Crippen molar-refractivity contribution in [3.05, 3.63) is 228 Å². The first-order valence-corrected chi connectivity index (χ1v) is 20.1. The Labute approximate surface area is 326 Å². The van der Waals surface area contributed by atoms with Crippen LogP contribution in [0.1, 0.15) is 39.8 Å². The van der Waals surface area contributed by atoms with Crippen molar-refractivity contribution in [3.8, 4) is 22.3 Å². The molecule has 0 saturated carbocycles. The van der Waals surface area contributed by atoms with Gasteiger partial charge in [0.15, 0.2) is 0 Å². The van der Waals surface area contributed by atoms with E-state index in [-0.39, 0.29) is 0 Å². The Hall–Kier alpha value is -6.48. The third-order valence-corrected chi connectivity index (χ3v) is 12.9. The molecule has 0 fully saturated rings. The molecule has 0 spiro atoms. The SMILES string of the molecule is C1=Cc2c(cccc2-c2cccc(N(c3cccc4c3-c3ccccc3C4(c3ccccc3)c3ccccc3)c3cccc4sc5ccccc5c34)c2)CC1. The number of thiophene rings is 1. The standard InChI is InChI=1S/C53H37NS/c1-3-20-38(21-4-1)53(39-22-5-2-6-23-39)45-29-11-9-26-43(45)51-46(53)30-15-31-47(51)54(48-32-16-34-50-52(48)44-27-10-12-33-49(44)55-50)40-24-13-19-37(35-40)42-28-14-18-36-17-7-8-25-41(36)42/h1-6,8-16,18-35H,7,17H2. The second kappa shape index (κ2) is 12.8. The molecule has 1 aromatic heterocycles. The van der Waals surface area contributed by atoms with Gasteiger partial charge < -0.3 is 4.90 Å². The molecular formula is C53H37NS. The van der Waals surface area contributed by atoms with Crippen LogP contribution >= 0.6 is 11.3 Å². The first kappa shape index (κ1) is 32.0. The van der Waals surface area contributed by atoms with Crippen molar-refractivity contribution >= 4 is 54.6 Å². The molecule has 0 unspecified atom stereocenters. The summed E-state index contributed by atoms with van der Waals surface area (Å²) in [5, 5.41) is 2.58. The molecule has 2 aliphatic carbocycles. The highest BCUT2D eigenvalue weighted by atomic mass is 32.1. The van der Waals surface area contributed by atoms with Crippen molar-refractivity contribution in [2.24, 2.45) is 0 Å². The zero-order valence-electron chi connectivity index (χ0n) is 30.3. The van der Waals surface area contributed by atoms with Crippen LogP contribution in [0.5, 0.6) is 0 Å². The predicted octanol–water partition coefficient (Wildman–Crippen LogP) is 14.5. The Kier molecular flexibility index (Phi) is 7.46. The zero-order valence-corrected chi connectivity index (χ0v) is 31.1. The maximum atomic E-state index is 2.55. The minimum Gasteiger partial charge on any atom is -0.309 e. The topological polar surface area (TPSA) is 3.24 Å². The van der Waals surface area contributed by atoms with Gasteiger partial charge in [0.05, 0.1) is 16.8 Å². The van der Waals surface area contributed by atoms with E-state index in [1.807, 2.05) is 11.3 Å². The Morgan fingerprint density at radius 2 is 1.16 bits per heavy atom. The molecule has 2 heteroatoms. The van der Waals surface area contributed by atoms with Crippen molar-refractivity contribution in [1.29, 1.82) is 0 Å². The van der Waals surface area contributed by atoms with Gasteiger partial charge in [-0.2, -0.15) is 0 Å². The van der Waals surface area contributed by atoms with Gasteiger partial charge in [-0.05, 0) is 99.3 Å². The molecule has 2 aliphatic rings. The summed E-state index contributed by atoms with van der Waals surface area (Å²) in [4.78, 5) is 2.55. The Balaban J connectivity index is 1.24. The van der Waals surface area contributed by atoms with Gasteiger partial charge in [-0.15, -0.1) is 11.3 Å². The molecule has 0 amide bonds. The Bertz CT molecular complexity index is 2900. The smallest absolute Gasteiger partial charge is 0.0714 e. The molecule has 1 nitrogen and oxygen atoms in total. The van der Waals surface area contributed by atoms with Crippen LogP contribution in [-0.4, -0.2) is 0 Å². The lowest BCUT2D eigenvalue weighted by Crippen LogP contribution is -2.28. The molecule has 8 aromatic carbocycles. The molecule has 260 valence electrons. The molecule has 1 heterocycles. The second-order valence-electron chi connectivity index (χ2n) is 14.7. The van der Waals surface area contributed by atoms with Crippen LogP contribution in [0.25, 0.3) is 48.5 Å². The van der Waals surface area contributed by atoms with Crippen LogP contribution < -0.4 is 4.90 Å². The highest BCUT2D eigenvalue weighted by Crippen LogP contribution is 2.60. The first-order valence-electron chi connectivity index (χ1n) is 19.2. The molecule has 0 bridgehead atoms. The van der Waals surface area contributed by atoms with E-state index >= 15 is 0 Å². The van der Waals surface area contributed by atoms with E-state index in [0.717, 1.165) is 18.5 Å². The number of aryl methyl sites for hydroxylation is 1. The predicted molar refractivity (Wildman–Crippen MR) is 234 cm³/mol. The summed E-state index contributed by atoms with van der Waals surface area (Å²) in [5.74, 6) is 0. The van der Waals surface area contributed by atoms with Gasteiger partial charge in [-0.1, -0.05) is 164 Å². The monoisotopic (exact) mass is 719 g/mol. The van der Waals surface area contributed by atoms with Gasteiger partial charge in [0.2, 0.25) is 0 Å². The highest BCUT2D eigenvalue weighted by Gasteiger charge is 2.47. The highest BCUT2D eigenvalue weighted by molar-refractivity contribution is 7.26. The van der Waals surface area contributed by atoms with Crippen LogP contribution in [0, 0.1) is 0 Å². The lowest BCUT2D eigenvalue weighted by atomic mass is 9.68. The number of rotatable bonds is 6. The third-order valence-electron chi connectivity index (χ3n) is 11.8. The summed E-state index contributed by atoms with van der Waals surface area (Å²) in [6, 6.07) is 70.0. The van der Waals surface area contributed by atoms with E-state index in [1.165, 1.54) is 87.2 Å². The van der Waals surface area contributed by atoms with Crippen molar-refractivity contribution < 1.29 is 0 Å². The molecule has 11 rings (SSSR count). The Morgan fingerprint density at radius 3 is 2.02 bits per heavy atom. The zero-order chi connectivity index (χ0) is 36.3. The average molecular weight is 720 g/mol. The van der Waals surface area contributed by atoms with Crippen LogP contribution in [0.4, 0.5) is 17.1 Å². The lowest BCUT2D eigenvalue weighted by molar-refractivity contribution is 0.768. The number of nitrogens with zero attached hydrogens (tertiary/aromatic N) is 1. The van der Waals surface area contributed by atoms with Crippen molar-refractivity contribution in [2.45, 2.75) is 18.3 Å². The number of hydrogen-bond acceptors (Lipinski definition) is 2. The fourth-order valence-corrected chi connectivity index (χ4v) is 10.7. The maximum Gasteiger partial charge on any atom is 0.0714 e. The van der Waals surface area contributed by atoms with E-state index < -0.39 is 5.41 Å². The number of benzene rings is 8. The molecule has 0 aliphatic heterocycles. The number of allylic oxidation sites excluding steroid dienone is 1. The molecule has 9 aromatic rings. The van der Waals surface area contributed by atoms with Gasteiger partial charge in [0.25, 0.3) is 0 Å². The average Bonchev–Trinajstić information content (AvgIpc) is 3.79. The normalized spacial score (nSPS) is 13.7. The molecular weight excluding hydrogens is 683 g/mol. The van der Waals surface area contributed by atoms with Gasteiger partial charge in [0, 0.05) is 31.4 Å². The minimum atomic E-state index is -0.492. The number of fused-ring (bicyclic) bond motifs is 7. The van der Waals surface area contributed by atoms with Gasteiger partial charge >= 0.3 is 0 Å². The summed E-state index contributed by atoms with van der Waals surface area (Å²) in [6.07, 6.45) is 6.82. The van der Waals surface area contributed by atoms with Crippen molar-refractivity contribution in [3.63, 3.8) is 0 Å². The van der Waals surface area contributed by atoms with Crippen LogP contribution in [0.2, 0.25) is 0 Å². The van der Waals surface area contributed by atoms with Gasteiger partial charge in [-0.3, -0.25) is 0 Å². The van der Waals surface area contributed by atoms with Gasteiger partial charge in [0.1, 0.15) is 0 Å². The minimum absolute atomic E-state index is 0.492. The summed E-state index contributed by atoms with van der Waals surface area (Å²) in [6.45, 7) is 0. The van der Waals surface area contributed by atoms with Crippen molar-refractivity contribution in [2.75, 3.05) is 4.90 Å². The summed E-state index contributed by atoms with van der Waals surface area (Å²) in [7, 11) is 0. The van der Waals surface area contributed by atoms with Crippen molar-refractivity contribution in [1.82, 2.24) is 0 Å². The fourth-order valence-electron chi connectivity index (χ4n) is 9.54.